The number of rotatable bonds is 3. The summed E-state index contributed by atoms with van der Waals surface area (Å²) >= 11 is 0. The van der Waals surface area contributed by atoms with Gasteiger partial charge in [0.15, 0.2) is 11.6 Å². The van der Waals surface area contributed by atoms with Crippen LogP contribution in [-0.2, 0) is 0 Å². The van der Waals surface area contributed by atoms with Crippen molar-refractivity contribution in [1.82, 2.24) is 10.2 Å². The highest BCUT2D eigenvalue weighted by atomic mass is 19.3. The number of alkyl halides is 2. The van der Waals surface area contributed by atoms with Gasteiger partial charge in [0.1, 0.15) is 11.9 Å². The third kappa shape index (κ3) is 2.87. The average Bonchev–Trinajstić information content (AvgIpc) is 2.39. The molecule has 19 heavy (non-hydrogen) atoms. The number of piperazine rings is 1. The molecule has 1 N–H and O–H groups in total. The van der Waals surface area contributed by atoms with Gasteiger partial charge in [-0.05, 0) is 12.1 Å². The van der Waals surface area contributed by atoms with Crippen molar-refractivity contribution in [2.75, 3.05) is 26.2 Å². The topological polar surface area (TPSA) is 15.3 Å². The van der Waals surface area contributed by atoms with Crippen molar-refractivity contribution < 1.29 is 22.0 Å². The summed E-state index contributed by atoms with van der Waals surface area (Å²) in [4.78, 5) is 1.27. The van der Waals surface area contributed by atoms with E-state index in [1.54, 1.807) is 0 Å². The summed E-state index contributed by atoms with van der Waals surface area (Å²) in [5.74, 6) is -4.01. The molecule has 1 saturated heterocycles. The van der Waals surface area contributed by atoms with Crippen LogP contribution in [0.5, 0.6) is 0 Å². The van der Waals surface area contributed by atoms with Gasteiger partial charge >= 0.3 is 0 Å². The van der Waals surface area contributed by atoms with Crippen LogP contribution in [0.25, 0.3) is 0 Å². The smallest absolute Gasteiger partial charge is 0.258 e. The quantitative estimate of drug-likeness (QED) is 0.675. The summed E-state index contributed by atoms with van der Waals surface area (Å²) in [6.45, 7) is 1.35. The van der Waals surface area contributed by atoms with Crippen LogP contribution in [-0.4, -0.2) is 37.5 Å². The standard InChI is InChI=1S/C12H13F5N2/c13-7-1-2-8(14)10(15)9(7)11(12(16)17)19-5-3-18-4-6-19/h1-2,11-12,18H,3-6H2/t11-/m0/s1. The lowest BCUT2D eigenvalue weighted by atomic mass is 10.0. The molecular weight excluding hydrogens is 267 g/mol. The second-order valence-electron chi connectivity index (χ2n) is 4.32. The van der Waals surface area contributed by atoms with Crippen LogP contribution in [0.4, 0.5) is 22.0 Å². The fourth-order valence-electron chi connectivity index (χ4n) is 2.24. The molecule has 7 heteroatoms. The maximum absolute atomic E-state index is 13.6. The molecule has 1 fully saturated rings. The molecule has 0 saturated carbocycles. The maximum atomic E-state index is 13.6. The molecular formula is C12H13F5N2. The Hall–Kier alpha value is -1.21. The summed E-state index contributed by atoms with van der Waals surface area (Å²) in [5.41, 5.74) is -0.892. The Morgan fingerprint density at radius 1 is 1.00 bits per heavy atom. The molecule has 1 aromatic rings. The van der Waals surface area contributed by atoms with Gasteiger partial charge in [0.05, 0.1) is 0 Å². The Labute approximate surface area is 107 Å². The Kier molecular flexibility index (Phi) is 4.36. The summed E-state index contributed by atoms with van der Waals surface area (Å²) in [7, 11) is 0. The number of nitrogens with zero attached hydrogens (tertiary/aromatic N) is 1. The third-order valence-corrected chi connectivity index (χ3v) is 3.16. The maximum Gasteiger partial charge on any atom is 0.258 e. The van der Waals surface area contributed by atoms with E-state index in [9.17, 15) is 22.0 Å². The van der Waals surface area contributed by atoms with Crippen LogP contribution in [0.2, 0.25) is 0 Å². The van der Waals surface area contributed by atoms with E-state index in [0.717, 1.165) is 0 Å². The van der Waals surface area contributed by atoms with E-state index in [1.807, 2.05) is 0 Å². The molecule has 0 amide bonds. The van der Waals surface area contributed by atoms with Gasteiger partial charge < -0.3 is 5.32 Å². The summed E-state index contributed by atoms with van der Waals surface area (Å²) in [6, 6.07) is -0.502. The van der Waals surface area contributed by atoms with Gasteiger partial charge in [0.25, 0.3) is 6.43 Å². The second-order valence-corrected chi connectivity index (χ2v) is 4.32. The number of nitrogens with one attached hydrogen (secondary N) is 1. The number of halogens is 5. The van der Waals surface area contributed by atoms with Crippen molar-refractivity contribution in [3.63, 3.8) is 0 Å². The first kappa shape index (κ1) is 14.2. The zero-order chi connectivity index (χ0) is 14.0. The van der Waals surface area contributed by atoms with Gasteiger partial charge in [-0.3, -0.25) is 4.90 Å². The first-order chi connectivity index (χ1) is 9.02. The Bertz CT molecular complexity index is 446. The zero-order valence-electron chi connectivity index (χ0n) is 9.97. The van der Waals surface area contributed by atoms with Crippen molar-refractivity contribution in [3.8, 4) is 0 Å². The monoisotopic (exact) mass is 280 g/mol. The first-order valence-electron chi connectivity index (χ1n) is 5.88. The predicted octanol–water partition coefficient (Wildman–Crippen LogP) is 2.32. The van der Waals surface area contributed by atoms with E-state index >= 15 is 0 Å². The lowest BCUT2D eigenvalue weighted by molar-refractivity contribution is 0.0142. The highest BCUT2D eigenvalue weighted by Crippen LogP contribution is 2.32. The predicted molar refractivity (Wildman–Crippen MR) is 59.5 cm³/mol. The molecule has 0 unspecified atom stereocenters. The molecule has 106 valence electrons. The summed E-state index contributed by atoms with van der Waals surface area (Å²) < 4.78 is 66.7. The minimum absolute atomic E-state index is 0.227. The Morgan fingerprint density at radius 2 is 1.58 bits per heavy atom. The van der Waals surface area contributed by atoms with Gasteiger partial charge in [0, 0.05) is 31.7 Å². The van der Waals surface area contributed by atoms with Crippen LogP contribution in [0.15, 0.2) is 12.1 Å². The highest BCUT2D eigenvalue weighted by Gasteiger charge is 2.35. The van der Waals surface area contributed by atoms with E-state index in [1.165, 1.54) is 4.90 Å². The van der Waals surface area contributed by atoms with Crippen LogP contribution in [0.1, 0.15) is 11.6 Å². The normalized spacial score (nSPS) is 18.8. The van der Waals surface area contributed by atoms with Crippen molar-refractivity contribution >= 4 is 0 Å². The van der Waals surface area contributed by atoms with Crippen LogP contribution < -0.4 is 5.32 Å². The lowest BCUT2D eigenvalue weighted by Crippen LogP contribution is -2.47. The fourth-order valence-corrected chi connectivity index (χ4v) is 2.24. The first-order valence-corrected chi connectivity index (χ1v) is 5.88. The largest absolute Gasteiger partial charge is 0.314 e. The molecule has 1 heterocycles. The minimum Gasteiger partial charge on any atom is -0.314 e. The molecule has 2 nitrogen and oxygen atoms in total. The van der Waals surface area contributed by atoms with E-state index in [-0.39, 0.29) is 13.1 Å². The fraction of sp³-hybridized carbons (Fsp3) is 0.500. The van der Waals surface area contributed by atoms with E-state index in [0.29, 0.717) is 25.2 Å². The molecule has 1 aromatic carbocycles. The molecule has 0 aromatic heterocycles. The second kappa shape index (κ2) is 5.83. The van der Waals surface area contributed by atoms with Crippen LogP contribution in [0, 0.1) is 17.5 Å². The van der Waals surface area contributed by atoms with Crippen molar-refractivity contribution in [1.29, 1.82) is 0 Å². The third-order valence-electron chi connectivity index (χ3n) is 3.16. The van der Waals surface area contributed by atoms with Gasteiger partial charge in [-0.25, -0.2) is 22.0 Å². The molecule has 0 radical (unpaired) electrons. The van der Waals surface area contributed by atoms with Gasteiger partial charge in [-0.2, -0.15) is 0 Å². The van der Waals surface area contributed by atoms with Crippen LogP contribution >= 0.6 is 0 Å². The molecule has 1 atom stereocenters. The molecule has 2 rings (SSSR count). The summed E-state index contributed by atoms with van der Waals surface area (Å²) in [5, 5.41) is 2.95. The Balaban J connectivity index is 2.41. The molecule has 0 bridgehead atoms. The van der Waals surface area contributed by atoms with Gasteiger partial charge in [-0.15, -0.1) is 0 Å². The van der Waals surface area contributed by atoms with Gasteiger partial charge in [0.2, 0.25) is 0 Å². The number of hydrogen-bond donors (Lipinski definition) is 1. The molecule has 0 spiro atoms. The molecule has 0 aliphatic carbocycles. The van der Waals surface area contributed by atoms with E-state index < -0.39 is 35.5 Å². The van der Waals surface area contributed by atoms with Crippen molar-refractivity contribution in [2.24, 2.45) is 0 Å². The number of hydrogen-bond acceptors (Lipinski definition) is 2. The Morgan fingerprint density at radius 3 is 2.16 bits per heavy atom. The zero-order valence-corrected chi connectivity index (χ0v) is 9.97. The van der Waals surface area contributed by atoms with E-state index in [2.05, 4.69) is 5.32 Å². The van der Waals surface area contributed by atoms with Crippen LogP contribution in [0.3, 0.4) is 0 Å². The SMILES string of the molecule is Fc1ccc(F)c([C@@H](C(F)F)N2CCNCC2)c1F. The van der Waals surface area contributed by atoms with E-state index in [4.69, 9.17) is 0 Å². The molecule has 1 aliphatic rings. The lowest BCUT2D eigenvalue weighted by Gasteiger charge is -2.34. The van der Waals surface area contributed by atoms with Crippen molar-refractivity contribution in [3.05, 3.63) is 35.1 Å². The minimum atomic E-state index is -3.00. The van der Waals surface area contributed by atoms with Gasteiger partial charge in [-0.1, -0.05) is 0 Å². The molecule has 1 aliphatic heterocycles. The number of benzene rings is 1. The highest BCUT2D eigenvalue weighted by molar-refractivity contribution is 5.25. The average molecular weight is 280 g/mol. The van der Waals surface area contributed by atoms with Crippen molar-refractivity contribution in [2.45, 2.75) is 12.5 Å². The summed E-state index contributed by atoms with van der Waals surface area (Å²) in [6.07, 6.45) is -3.00.